The minimum absolute atomic E-state index is 0.106. The summed E-state index contributed by atoms with van der Waals surface area (Å²) < 4.78 is 0.927. The summed E-state index contributed by atoms with van der Waals surface area (Å²) in [6.45, 7) is 3.48. The van der Waals surface area contributed by atoms with Crippen molar-refractivity contribution in [2.75, 3.05) is 6.54 Å². The second-order valence-corrected chi connectivity index (χ2v) is 5.42. The summed E-state index contributed by atoms with van der Waals surface area (Å²) in [4.78, 5) is 24.3. The van der Waals surface area contributed by atoms with Crippen molar-refractivity contribution in [1.82, 2.24) is 4.90 Å². The number of hydrogen-bond donors (Lipinski definition) is 1. The number of carbonyl (C=O) groups excluding carboxylic acids is 1. The van der Waals surface area contributed by atoms with Gasteiger partial charge in [-0.1, -0.05) is 35.0 Å². The molecule has 0 aliphatic carbocycles. The number of nitrogens with zero attached hydrogens (tertiary/aromatic N) is 1. The lowest BCUT2D eigenvalue weighted by Gasteiger charge is -2.25. The molecule has 108 valence electrons. The zero-order chi connectivity index (χ0) is 15.1. The molecule has 1 aromatic rings. The molecule has 1 rings (SSSR count). The third-order valence-corrected chi connectivity index (χ3v) is 3.47. The number of carboxylic acids is 1. The second-order valence-electron chi connectivity index (χ2n) is 4.51. The first-order chi connectivity index (χ1) is 9.43. The molecular formula is C15H18BrNO3. The van der Waals surface area contributed by atoms with E-state index in [2.05, 4.69) is 15.9 Å². The number of carbonyl (C=O) groups is 2. The lowest BCUT2D eigenvalue weighted by Crippen LogP contribution is -2.40. The Morgan fingerprint density at radius 2 is 2.15 bits per heavy atom. The molecule has 0 fully saturated rings. The van der Waals surface area contributed by atoms with E-state index >= 15 is 0 Å². The van der Waals surface area contributed by atoms with Crippen molar-refractivity contribution in [2.45, 2.75) is 26.3 Å². The molecule has 1 atom stereocenters. The van der Waals surface area contributed by atoms with Crippen molar-refractivity contribution < 1.29 is 14.7 Å². The maximum absolute atomic E-state index is 12.1. The van der Waals surface area contributed by atoms with Crippen LogP contribution in [0.2, 0.25) is 0 Å². The summed E-state index contributed by atoms with van der Waals surface area (Å²) in [5.41, 5.74) is 0.882. The maximum Gasteiger partial charge on any atom is 0.323 e. The van der Waals surface area contributed by atoms with E-state index in [9.17, 15) is 9.59 Å². The Bertz CT molecular complexity index is 514. The van der Waals surface area contributed by atoms with Gasteiger partial charge in [0.05, 0.1) is 0 Å². The van der Waals surface area contributed by atoms with Crippen molar-refractivity contribution >= 4 is 33.9 Å². The van der Waals surface area contributed by atoms with Crippen molar-refractivity contribution in [3.05, 3.63) is 40.4 Å². The minimum atomic E-state index is -1.01. The highest BCUT2D eigenvalue weighted by Gasteiger charge is 2.19. The Balaban J connectivity index is 2.82. The van der Waals surface area contributed by atoms with Crippen molar-refractivity contribution in [2.24, 2.45) is 0 Å². The molecule has 1 aromatic carbocycles. The van der Waals surface area contributed by atoms with Gasteiger partial charge in [-0.3, -0.25) is 9.59 Å². The van der Waals surface area contributed by atoms with Gasteiger partial charge in [0.1, 0.15) is 6.54 Å². The van der Waals surface area contributed by atoms with Gasteiger partial charge >= 0.3 is 5.97 Å². The van der Waals surface area contributed by atoms with Crippen molar-refractivity contribution in [3.63, 3.8) is 0 Å². The summed E-state index contributed by atoms with van der Waals surface area (Å²) in [6.07, 6.45) is 3.81. The van der Waals surface area contributed by atoms with Crippen LogP contribution in [0.15, 0.2) is 34.8 Å². The van der Waals surface area contributed by atoms with Gasteiger partial charge in [0, 0.05) is 16.6 Å². The molecule has 0 heterocycles. The number of halogens is 1. The van der Waals surface area contributed by atoms with E-state index in [0.29, 0.717) is 6.42 Å². The Morgan fingerprint density at radius 1 is 1.45 bits per heavy atom. The SMILES string of the molecule is CCC(C)N(CC(=O)O)C(=O)/C=C/c1cccc(Br)c1. The van der Waals surface area contributed by atoms with Crippen LogP contribution in [-0.4, -0.2) is 34.5 Å². The van der Waals surface area contributed by atoms with Crippen LogP contribution in [0.5, 0.6) is 0 Å². The lowest BCUT2D eigenvalue weighted by atomic mass is 10.2. The number of hydrogen-bond acceptors (Lipinski definition) is 2. The van der Waals surface area contributed by atoms with Gasteiger partial charge in [0.15, 0.2) is 0 Å². The largest absolute Gasteiger partial charge is 0.480 e. The van der Waals surface area contributed by atoms with Gasteiger partial charge in [-0.05, 0) is 37.1 Å². The molecule has 4 nitrogen and oxygen atoms in total. The maximum atomic E-state index is 12.1. The van der Waals surface area contributed by atoms with Gasteiger partial charge in [0.2, 0.25) is 5.91 Å². The molecule has 0 bridgehead atoms. The van der Waals surface area contributed by atoms with E-state index in [4.69, 9.17) is 5.11 Å². The monoisotopic (exact) mass is 339 g/mol. The average Bonchev–Trinajstić information content (AvgIpc) is 2.41. The van der Waals surface area contributed by atoms with Crippen LogP contribution in [-0.2, 0) is 9.59 Å². The van der Waals surface area contributed by atoms with Crippen molar-refractivity contribution in [1.29, 1.82) is 0 Å². The normalized spacial score (nSPS) is 12.3. The zero-order valence-corrected chi connectivity index (χ0v) is 13.1. The van der Waals surface area contributed by atoms with Gasteiger partial charge in [-0.2, -0.15) is 0 Å². The second kappa shape index (κ2) is 7.85. The topological polar surface area (TPSA) is 57.6 Å². The summed E-state index contributed by atoms with van der Waals surface area (Å²) in [5.74, 6) is -1.30. The van der Waals surface area contributed by atoms with E-state index in [1.807, 2.05) is 38.1 Å². The van der Waals surface area contributed by atoms with Crippen molar-refractivity contribution in [3.8, 4) is 0 Å². The summed E-state index contributed by atoms with van der Waals surface area (Å²) >= 11 is 3.36. The number of aliphatic carboxylic acids is 1. The smallest absolute Gasteiger partial charge is 0.323 e. The highest BCUT2D eigenvalue weighted by Crippen LogP contribution is 2.13. The molecular weight excluding hydrogens is 322 g/mol. The molecule has 5 heteroatoms. The van der Waals surface area contributed by atoms with Crippen LogP contribution in [0.3, 0.4) is 0 Å². The standard InChI is InChI=1S/C15H18BrNO3/c1-3-11(2)17(10-15(19)20)14(18)8-7-12-5-4-6-13(16)9-12/h4-9,11H,3,10H2,1-2H3,(H,19,20)/b8-7+. The van der Waals surface area contributed by atoms with Crippen LogP contribution in [0, 0.1) is 0 Å². The van der Waals surface area contributed by atoms with E-state index < -0.39 is 5.97 Å². The molecule has 20 heavy (non-hydrogen) atoms. The lowest BCUT2D eigenvalue weighted by molar-refractivity contribution is -0.144. The first-order valence-corrected chi connectivity index (χ1v) is 7.19. The number of rotatable bonds is 6. The molecule has 0 radical (unpaired) electrons. The Labute approximate surface area is 127 Å². The zero-order valence-electron chi connectivity index (χ0n) is 11.5. The fraction of sp³-hybridized carbons (Fsp3) is 0.333. The molecule has 0 aromatic heterocycles. The third-order valence-electron chi connectivity index (χ3n) is 2.98. The highest BCUT2D eigenvalue weighted by molar-refractivity contribution is 9.10. The van der Waals surface area contributed by atoms with Gasteiger partial charge in [-0.15, -0.1) is 0 Å². The molecule has 0 saturated carbocycles. The van der Waals surface area contributed by atoms with Crippen LogP contribution in [0.4, 0.5) is 0 Å². The molecule has 0 aliphatic rings. The van der Waals surface area contributed by atoms with E-state index in [1.165, 1.54) is 11.0 Å². The number of carboxylic acid groups (broad SMARTS) is 1. The van der Waals surface area contributed by atoms with Crippen LogP contribution in [0.1, 0.15) is 25.8 Å². The quantitative estimate of drug-likeness (QED) is 0.810. The predicted molar refractivity (Wildman–Crippen MR) is 82.3 cm³/mol. The van der Waals surface area contributed by atoms with Crippen LogP contribution >= 0.6 is 15.9 Å². The molecule has 1 unspecified atom stereocenters. The highest BCUT2D eigenvalue weighted by atomic mass is 79.9. The number of amides is 1. The van der Waals surface area contributed by atoms with Crippen LogP contribution < -0.4 is 0 Å². The molecule has 0 aliphatic heterocycles. The van der Waals surface area contributed by atoms with E-state index in [0.717, 1.165) is 10.0 Å². The molecule has 1 amide bonds. The Hall–Kier alpha value is -1.62. The van der Waals surface area contributed by atoms with E-state index in [1.54, 1.807) is 6.08 Å². The molecule has 0 saturated heterocycles. The first-order valence-electron chi connectivity index (χ1n) is 6.40. The fourth-order valence-corrected chi connectivity index (χ4v) is 2.11. The fourth-order valence-electron chi connectivity index (χ4n) is 1.69. The number of benzene rings is 1. The minimum Gasteiger partial charge on any atom is -0.480 e. The Morgan fingerprint density at radius 3 is 2.70 bits per heavy atom. The van der Waals surface area contributed by atoms with E-state index in [-0.39, 0.29) is 18.5 Å². The predicted octanol–water partition coefficient (Wildman–Crippen LogP) is 3.17. The molecule has 0 spiro atoms. The molecule has 1 N–H and O–H groups in total. The van der Waals surface area contributed by atoms with Gasteiger partial charge < -0.3 is 10.0 Å². The summed E-state index contributed by atoms with van der Waals surface area (Å²) in [5, 5.41) is 8.87. The van der Waals surface area contributed by atoms with Gasteiger partial charge in [-0.25, -0.2) is 0 Å². The summed E-state index contributed by atoms with van der Waals surface area (Å²) in [7, 11) is 0. The average molecular weight is 340 g/mol. The Kier molecular flexibility index (Phi) is 6.45. The van der Waals surface area contributed by atoms with Gasteiger partial charge in [0.25, 0.3) is 0 Å². The third kappa shape index (κ3) is 5.17. The van der Waals surface area contributed by atoms with Crippen LogP contribution in [0.25, 0.3) is 6.08 Å². The summed E-state index contributed by atoms with van der Waals surface area (Å²) in [6, 6.07) is 7.42. The first kappa shape index (κ1) is 16.4.